The number of rotatable bonds is 7. The lowest BCUT2D eigenvalue weighted by Gasteiger charge is -2.22. The number of amides is 1. The first-order valence-electron chi connectivity index (χ1n) is 13.1. The zero-order chi connectivity index (χ0) is 27.9. The third kappa shape index (κ3) is 5.05. The molecule has 1 aliphatic heterocycles. The van der Waals surface area contributed by atoms with Crippen molar-refractivity contribution in [2.24, 2.45) is 0 Å². The normalized spacial score (nSPS) is 15.9. The van der Waals surface area contributed by atoms with Gasteiger partial charge < -0.3 is 14.8 Å². The zero-order valence-corrected chi connectivity index (χ0v) is 23.0. The summed E-state index contributed by atoms with van der Waals surface area (Å²) < 4.78 is 40.6. The molecular weight excluding hydrogens is 530 g/mol. The van der Waals surface area contributed by atoms with Gasteiger partial charge >= 0.3 is 0 Å². The minimum absolute atomic E-state index is 0.0416. The molecule has 6 rings (SSSR count). The van der Waals surface area contributed by atoms with E-state index in [2.05, 4.69) is 10.4 Å². The highest BCUT2D eigenvalue weighted by Gasteiger charge is 2.24. The van der Waals surface area contributed by atoms with Gasteiger partial charge in [0.25, 0.3) is 0 Å². The highest BCUT2D eigenvalue weighted by Crippen LogP contribution is 2.37. The Hall–Kier alpha value is -4.22. The number of hydrogen-bond donors (Lipinski definition) is 1. The number of ether oxygens (including phenoxy) is 2. The van der Waals surface area contributed by atoms with Gasteiger partial charge in [-0.1, -0.05) is 36.4 Å². The van der Waals surface area contributed by atoms with Crippen LogP contribution in [-0.4, -0.2) is 46.6 Å². The second kappa shape index (κ2) is 10.4. The van der Waals surface area contributed by atoms with Crippen molar-refractivity contribution in [1.29, 1.82) is 0 Å². The van der Waals surface area contributed by atoms with Crippen molar-refractivity contribution in [2.75, 3.05) is 18.2 Å². The molecule has 1 aliphatic rings. The Morgan fingerprint density at radius 3 is 2.70 bits per heavy atom. The van der Waals surface area contributed by atoms with Crippen LogP contribution in [0.25, 0.3) is 27.7 Å². The van der Waals surface area contributed by atoms with Gasteiger partial charge in [0.2, 0.25) is 5.91 Å². The molecule has 2 aromatic carbocycles. The van der Waals surface area contributed by atoms with Crippen LogP contribution < -0.4 is 10.1 Å². The molecule has 0 aliphatic carbocycles. The topological polar surface area (TPSA) is 117 Å². The Morgan fingerprint density at radius 1 is 1.15 bits per heavy atom. The van der Waals surface area contributed by atoms with Crippen molar-refractivity contribution >= 4 is 38.0 Å². The van der Waals surface area contributed by atoms with Crippen LogP contribution in [0.2, 0.25) is 0 Å². The highest BCUT2D eigenvalue weighted by molar-refractivity contribution is 7.90. The van der Waals surface area contributed by atoms with Crippen molar-refractivity contribution < 1.29 is 22.7 Å². The van der Waals surface area contributed by atoms with Crippen LogP contribution in [0.4, 0.5) is 5.69 Å². The van der Waals surface area contributed by atoms with Crippen LogP contribution in [0.15, 0.2) is 71.9 Å². The zero-order valence-electron chi connectivity index (χ0n) is 22.2. The molecule has 11 heteroatoms. The number of nitrogens with zero attached hydrogens (tertiary/aromatic N) is 4. The standard InChI is InChI=1S/C29H29N5O5S/c1-19(35)31-25-14-21(11-12-26(25)40(2,36)37)23-15-22(39-18-20-8-4-3-5-9-20)17-33-28(23)24-16-30-34(29(24)32-33)27-10-6-7-13-38-27/h3-5,8-9,11-12,14-17,27H,6-7,10,13,18H2,1-2H3,(H,31,35). The SMILES string of the molecule is CC(=O)Nc1cc(-c2cc(OCc3ccccc3)cn3nc4c(cnn4C4CCCCO4)c23)ccc1S(C)(=O)=O. The number of fused-ring (bicyclic) bond motifs is 3. The van der Waals surface area contributed by atoms with Crippen LogP contribution in [0.5, 0.6) is 5.75 Å². The number of hydrogen-bond acceptors (Lipinski definition) is 7. The first-order chi connectivity index (χ1) is 19.3. The van der Waals surface area contributed by atoms with E-state index in [0.29, 0.717) is 30.2 Å². The highest BCUT2D eigenvalue weighted by atomic mass is 32.2. The second-order valence-electron chi connectivity index (χ2n) is 9.97. The fourth-order valence-electron chi connectivity index (χ4n) is 5.10. The summed E-state index contributed by atoms with van der Waals surface area (Å²) >= 11 is 0. The van der Waals surface area contributed by atoms with E-state index in [1.54, 1.807) is 22.8 Å². The lowest BCUT2D eigenvalue weighted by molar-refractivity contribution is -0.114. The summed E-state index contributed by atoms with van der Waals surface area (Å²) in [6.07, 6.45) is 7.48. The lowest BCUT2D eigenvalue weighted by atomic mass is 10.0. The molecule has 1 N–H and O–H groups in total. The summed E-state index contributed by atoms with van der Waals surface area (Å²) in [5.74, 6) is 0.214. The van der Waals surface area contributed by atoms with Crippen LogP contribution in [0.3, 0.4) is 0 Å². The Bertz CT molecular complexity index is 1820. The summed E-state index contributed by atoms with van der Waals surface area (Å²) in [6, 6.07) is 16.7. The molecule has 10 nitrogen and oxygen atoms in total. The number of anilines is 1. The van der Waals surface area contributed by atoms with E-state index < -0.39 is 9.84 Å². The van der Waals surface area contributed by atoms with Gasteiger partial charge in [0.1, 0.15) is 12.4 Å². The average Bonchev–Trinajstić information content (AvgIpc) is 3.51. The number of benzene rings is 2. The minimum Gasteiger partial charge on any atom is -0.487 e. The minimum atomic E-state index is -3.59. The van der Waals surface area contributed by atoms with E-state index in [4.69, 9.17) is 14.6 Å². The van der Waals surface area contributed by atoms with Crippen molar-refractivity contribution in [3.8, 4) is 16.9 Å². The maximum Gasteiger partial charge on any atom is 0.221 e. The largest absolute Gasteiger partial charge is 0.487 e. The monoisotopic (exact) mass is 559 g/mol. The quantitative estimate of drug-likeness (QED) is 0.299. The Kier molecular flexibility index (Phi) is 6.77. The lowest BCUT2D eigenvalue weighted by Crippen LogP contribution is -2.19. The molecule has 5 aromatic rings. The van der Waals surface area contributed by atoms with E-state index in [0.717, 1.165) is 47.5 Å². The van der Waals surface area contributed by atoms with Crippen molar-refractivity contribution in [1.82, 2.24) is 19.4 Å². The summed E-state index contributed by atoms with van der Waals surface area (Å²) in [6.45, 7) is 2.39. The van der Waals surface area contributed by atoms with E-state index in [1.807, 2.05) is 47.3 Å². The number of carbonyl (C=O) groups excluding carboxylic acids is 1. The third-order valence-electron chi connectivity index (χ3n) is 6.92. The average molecular weight is 560 g/mol. The molecule has 1 amide bonds. The molecule has 1 unspecified atom stereocenters. The molecule has 3 aromatic heterocycles. The Morgan fingerprint density at radius 2 is 1.98 bits per heavy atom. The van der Waals surface area contributed by atoms with E-state index in [-0.39, 0.29) is 22.7 Å². The predicted octanol–water partition coefficient (Wildman–Crippen LogP) is 4.99. The fourth-order valence-corrected chi connectivity index (χ4v) is 5.93. The molecule has 0 spiro atoms. The first-order valence-corrected chi connectivity index (χ1v) is 15.0. The van der Waals surface area contributed by atoms with Crippen LogP contribution in [-0.2, 0) is 26.0 Å². The third-order valence-corrected chi connectivity index (χ3v) is 8.08. The van der Waals surface area contributed by atoms with Crippen molar-refractivity contribution in [3.63, 3.8) is 0 Å². The maximum absolute atomic E-state index is 12.4. The predicted molar refractivity (Wildman–Crippen MR) is 151 cm³/mol. The molecule has 4 heterocycles. The smallest absolute Gasteiger partial charge is 0.221 e. The summed E-state index contributed by atoms with van der Waals surface area (Å²) in [7, 11) is -3.59. The first kappa shape index (κ1) is 26.0. The van der Waals surface area contributed by atoms with Crippen molar-refractivity contribution in [2.45, 2.75) is 43.9 Å². The number of sulfone groups is 1. The number of pyridine rings is 1. The van der Waals surface area contributed by atoms with E-state index in [1.165, 1.54) is 13.0 Å². The molecule has 0 saturated carbocycles. The Balaban J connectivity index is 1.52. The molecule has 0 bridgehead atoms. The summed E-state index contributed by atoms with van der Waals surface area (Å²) in [5.41, 5.74) is 4.14. The number of aromatic nitrogens is 4. The van der Waals surface area contributed by atoms with Gasteiger partial charge in [-0.3, -0.25) is 4.79 Å². The van der Waals surface area contributed by atoms with Crippen LogP contribution in [0, 0.1) is 0 Å². The molecule has 40 heavy (non-hydrogen) atoms. The molecule has 1 atom stereocenters. The van der Waals surface area contributed by atoms with Gasteiger partial charge in [0, 0.05) is 25.3 Å². The molecule has 206 valence electrons. The second-order valence-corrected chi connectivity index (χ2v) is 12.0. The summed E-state index contributed by atoms with van der Waals surface area (Å²) in [4.78, 5) is 12.0. The van der Waals surface area contributed by atoms with Crippen LogP contribution >= 0.6 is 0 Å². The number of carbonyl (C=O) groups is 1. The van der Waals surface area contributed by atoms with Gasteiger partial charge in [0.05, 0.1) is 33.9 Å². The van der Waals surface area contributed by atoms with E-state index in [9.17, 15) is 13.2 Å². The molecule has 1 fully saturated rings. The van der Waals surface area contributed by atoms with Gasteiger partial charge in [-0.2, -0.15) is 5.10 Å². The number of nitrogens with one attached hydrogen (secondary N) is 1. The molecular formula is C29H29N5O5S. The van der Waals surface area contributed by atoms with Gasteiger partial charge in [-0.25, -0.2) is 17.6 Å². The van der Waals surface area contributed by atoms with Gasteiger partial charge in [0.15, 0.2) is 21.7 Å². The fraction of sp³-hybridized carbons (Fsp3) is 0.276. The van der Waals surface area contributed by atoms with E-state index >= 15 is 0 Å². The Labute approximate surface area is 231 Å². The van der Waals surface area contributed by atoms with Crippen LogP contribution in [0.1, 0.15) is 38.0 Å². The maximum atomic E-state index is 12.4. The van der Waals surface area contributed by atoms with Crippen molar-refractivity contribution in [3.05, 3.63) is 72.6 Å². The molecule has 0 radical (unpaired) electrons. The van der Waals surface area contributed by atoms with Gasteiger partial charge in [-0.05, 0) is 48.6 Å². The summed E-state index contributed by atoms with van der Waals surface area (Å²) in [5, 5.41) is 13.0. The van der Waals surface area contributed by atoms with Gasteiger partial charge in [-0.15, -0.1) is 5.10 Å². The molecule has 1 saturated heterocycles.